The summed E-state index contributed by atoms with van der Waals surface area (Å²) in [5.41, 5.74) is 1.23. The van der Waals surface area contributed by atoms with Gasteiger partial charge in [-0.2, -0.15) is 0 Å². The van der Waals surface area contributed by atoms with E-state index in [0.29, 0.717) is 15.8 Å². The van der Waals surface area contributed by atoms with E-state index in [2.05, 4.69) is 0 Å². The molecule has 2 aromatic carbocycles. The number of benzene rings is 2. The van der Waals surface area contributed by atoms with Gasteiger partial charge in [0.05, 0.1) is 42.1 Å². The van der Waals surface area contributed by atoms with Gasteiger partial charge in [-0.1, -0.05) is 25.4 Å². The van der Waals surface area contributed by atoms with Crippen molar-refractivity contribution in [3.63, 3.8) is 0 Å². The van der Waals surface area contributed by atoms with Gasteiger partial charge in [0.15, 0.2) is 34.6 Å². The molecule has 1 aliphatic rings. The SMILES string of the molecule is COc1cc2sc(C(=O)CC(C)C(=O)O)cc2c(F)c1OCCCOc1c(O)cc2c(c1Cl)CN(C(=O)CC(C)C(=O)O)C2. The quantitative estimate of drug-likeness (QED) is 0.150. The Morgan fingerprint density at radius 1 is 1.00 bits per heavy atom. The lowest BCUT2D eigenvalue weighted by atomic mass is 10.0. The molecule has 2 heterocycles. The molecule has 2 unspecified atom stereocenters. The maximum Gasteiger partial charge on any atom is 0.306 e. The maximum absolute atomic E-state index is 15.4. The molecule has 0 saturated heterocycles. The van der Waals surface area contributed by atoms with E-state index in [-0.39, 0.29) is 89.8 Å². The summed E-state index contributed by atoms with van der Waals surface area (Å²) in [4.78, 5) is 49.0. The summed E-state index contributed by atoms with van der Waals surface area (Å²) in [5.74, 6) is -5.57. The zero-order valence-corrected chi connectivity index (χ0v) is 25.7. The summed E-state index contributed by atoms with van der Waals surface area (Å²) in [5, 5.41) is 29.0. The molecule has 4 rings (SSSR count). The number of hydrogen-bond donors (Lipinski definition) is 3. The molecule has 0 radical (unpaired) electrons. The summed E-state index contributed by atoms with van der Waals surface area (Å²) in [6, 6.07) is 4.38. The lowest BCUT2D eigenvalue weighted by molar-refractivity contribution is -0.145. The summed E-state index contributed by atoms with van der Waals surface area (Å²) in [7, 11) is 1.35. The van der Waals surface area contributed by atoms with Crippen LogP contribution >= 0.6 is 22.9 Å². The van der Waals surface area contributed by atoms with Crippen LogP contribution < -0.4 is 14.2 Å². The number of methoxy groups -OCH3 is 1. The van der Waals surface area contributed by atoms with E-state index in [0.717, 1.165) is 11.3 Å². The molecule has 44 heavy (non-hydrogen) atoms. The molecular formula is C30H31ClFNO10S. The number of aliphatic carboxylic acids is 2. The Bertz CT molecular complexity index is 1620. The van der Waals surface area contributed by atoms with Crippen LogP contribution in [0.1, 0.15) is 53.9 Å². The number of nitrogens with zero attached hydrogens (tertiary/aromatic N) is 1. The second kappa shape index (κ2) is 13.7. The van der Waals surface area contributed by atoms with Crippen molar-refractivity contribution in [1.29, 1.82) is 0 Å². The van der Waals surface area contributed by atoms with Crippen LogP contribution in [0, 0.1) is 17.7 Å². The number of halogens is 2. The van der Waals surface area contributed by atoms with E-state index in [1.54, 1.807) is 6.07 Å². The standard InChI is InChI=1S/C30H31ClFNO10S/c1-14(29(37)38)7-19(34)23-10-17-22(44-23)11-21(41-3)28(26(17)32)43-6-4-5-42-27-20(35)9-16-12-33(13-18(16)25(27)31)24(36)8-15(2)30(39)40/h9-11,14-15,35H,4-8,12-13H2,1-3H3,(H,37,38)(H,39,40). The molecule has 11 nitrogen and oxygen atoms in total. The number of fused-ring (bicyclic) bond motifs is 2. The van der Waals surface area contributed by atoms with Crippen molar-refractivity contribution in [2.45, 2.75) is 46.2 Å². The maximum atomic E-state index is 15.4. The molecule has 14 heteroatoms. The third kappa shape index (κ3) is 6.99. The van der Waals surface area contributed by atoms with Crippen molar-refractivity contribution in [1.82, 2.24) is 4.90 Å². The third-order valence-corrected chi connectivity index (χ3v) is 8.76. The summed E-state index contributed by atoms with van der Waals surface area (Å²) in [6.07, 6.45) is -0.117. The topological polar surface area (TPSA) is 160 Å². The van der Waals surface area contributed by atoms with E-state index in [9.17, 15) is 24.3 Å². The van der Waals surface area contributed by atoms with Crippen LogP contribution in [0.25, 0.3) is 10.1 Å². The first-order chi connectivity index (χ1) is 20.8. The molecule has 0 aliphatic carbocycles. The third-order valence-electron chi connectivity index (χ3n) is 7.23. The average Bonchev–Trinajstić information content (AvgIpc) is 3.60. The summed E-state index contributed by atoms with van der Waals surface area (Å²) >= 11 is 7.55. The normalized spacial score (nSPS) is 13.8. The Morgan fingerprint density at radius 2 is 1.64 bits per heavy atom. The summed E-state index contributed by atoms with van der Waals surface area (Å²) in [6.45, 7) is 3.24. The van der Waals surface area contributed by atoms with Crippen LogP contribution in [0.2, 0.25) is 5.02 Å². The number of carboxylic acids is 2. The van der Waals surface area contributed by atoms with Crippen LogP contribution in [0.5, 0.6) is 23.0 Å². The largest absolute Gasteiger partial charge is 0.504 e. The second-order valence-electron chi connectivity index (χ2n) is 10.5. The molecule has 3 N–H and O–H groups in total. The fraction of sp³-hybridized carbons (Fsp3) is 0.400. The fourth-order valence-corrected chi connectivity index (χ4v) is 6.03. The molecule has 0 spiro atoms. The zero-order valence-electron chi connectivity index (χ0n) is 24.1. The lowest BCUT2D eigenvalue weighted by Gasteiger charge is -2.16. The first-order valence-corrected chi connectivity index (χ1v) is 14.9. The van der Waals surface area contributed by atoms with E-state index < -0.39 is 35.4 Å². The smallest absolute Gasteiger partial charge is 0.306 e. The van der Waals surface area contributed by atoms with Gasteiger partial charge in [-0.15, -0.1) is 11.3 Å². The molecule has 3 aromatic rings. The number of ether oxygens (including phenoxy) is 3. The Kier molecular flexibility index (Phi) is 10.2. The Morgan fingerprint density at radius 3 is 2.27 bits per heavy atom. The van der Waals surface area contributed by atoms with Gasteiger partial charge < -0.3 is 34.4 Å². The number of phenols is 1. The Balaban J connectivity index is 1.38. The van der Waals surface area contributed by atoms with Gasteiger partial charge >= 0.3 is 11.9 Å². The first kappa shape index (κ1) is 32.8. The van der Waals surface area contributed by atoms with Crippen molar-refractivity contribution in [2.24, 2.45) is 11.8 Å². The van der Waals surface area contributed by atoms with E-state index in [1.807, 2.05) is 0 Å². The molecule has 0 bridgehead atoms. The van der Waals surface area contributed by atoms with Crippen molar-refractivity contribution >= 4 is 56.7 Å². The number of rotatable bonds is 14. The minimum Gasteiger partial charge on any atom is -0.504 e. The average molecular weight is 652 g/mol. The van der Waals surface area contributed by atoms with E-state index in [1.165, 1.54) is 38.0 Å². The first-order valence-electron chi connectivity index (χ1n) is 13.7. The van der Waals surface area contributed by atoms with Gasteiger partial charge in [0.1, 0.15) is 0 Å². The Labute approximate surface area is 260 Å². The number of phenolic OH excluding ortho intramolecular Hbond substituents is 1. The van der Waals surface area contributed by atoms with Gasteiger partial charge in [-0.05, 0) is 23.3 Å². The van der Waals surface area contributed by atoms with Gasteiger partial charge in [0.25, 0.3) is 0 Å². The van der Waals surface area contributed by atoms with Crippen LogP contribution in [0.3, 0.4) is 0 Å². The number of Topliss-reactive ketones (excluding diaryl/α,β-unsaturated/α-hetero) is 1. The number of amides is 1. The number of carbonyl (C=O) groups is 4. The van der Waals surface area contributed by atoms with Crippen LogP contribution in [-0.4, -0.2) is 64.2 Å². The van der Waals surface area contributed by atoms with Gasteiger partial charge in [-0.25, -0.2) is 4.39 Å². The fourth-order valence-electron chi connectivity index (χ4n) is 4.66. The zero-order chi connectivity index (χ0) is 32.3. The predicted molar refractivity (Wildman–Crippen MR) is 158 cm³/mol. The lowest BCUT2D eigenvalue weighted by Crippen LogP contribution is -2.28. The van der Waals surface area contributed by atoms with E-state index >= 15 is 4.39 Å². The van der Waals surface area contributed by atoms with E-state index in [4.69, 9.17) is 36.0 Å². The molecule has 0 fully saturated rings. The molecular weight excluding hydrogens is 621 g/mol. The number of carboxylic acid groups (broad SMARTS) is 2. The molecule has 1 aliphatic heterocycles. The van der Waals surface area contributed by atoms with Crippen LogP contribution in [0.15, 0.2) is 18.2 Å². The predicted octanol–water partition coefficient (Wildman–Crippen LogP) is 5.50. The number of hydrogen-bond acceptors (Lipinski definition) is 9. The van der Waals surface area contributed by atoms with Crippen LogP contribution in [-0.2, 0) is 27.5 Å². The highest BCUT2D eigenvalue weighted by molar-refractivity contribution is 7.20. The molecule has 1 aromatic heterocycles. The van der Waals surface area contributed by atoms with Crippen molar-refractivity contribution in [3.05, 3.63) is 45.0 Å². The highest BCUT2D eigenvalue weighted by Gasteiger charge is 2.30. The number of aromatic hydroxyl groups is 1. The second-order valence-corrected chi connectivity index (χ2v) is 12.0. The Hall–Kier alpha value is -4.10. The molecule has 1 amide bonds. The number of ketones is 1. The monoisotopic (exact) mass is 651 g/mol. The summed E-state index contributed by atoms with van der Waals surface area (Å²) < 4.78 is 32.6. The van der Waals surface area contributed by atoms with Gasteiger partial charge in [0.2, 0.25) is 5.91 Å². The highest BCUT2D eigenvalue weighted by Crippen LogP contribution is 2.43. The molecule has 2 atom stereocenters. The molecule has 0 saturated carbocycles. The van der Waals surface area contributed by atoms with Crippen molar-refractivity contribution < 1.29 is 53.1 Å². The van der Waals surface area contributed by atoms with Gasteiger partial charge in [-0.3, -0.25) is 19.2 Å². The number of carbonyl (C=O) groups excluding carboxylic acids is 2. The minimum atomic E-state index is -1.09. The minimum absolute atomic E-state index is 0.00178. The van der Waals surface area contributed by atoms with Crippen molar-refractivity contribution in [2.75, 3.05) is 20.3 Å². The highest BCUT2D eigenvalue weighted by atomic mass is 35.5. The molecule has 236 valence electrons. The van der Waals surface area contributed by atoms with Crippen molar-refractivity contribution in [3.8, 4) is 23.0 Å². The number of thiophene rings is 1. The van der Waals surface area contributed by atoms with Crippen LogP contribution in [0.4, 0.5) is 4.39 Å². The van der Waals surface area contributed by atoms with Gasteiger partial charge in [0, 0.05) is 48.5 Å².